The predicted molar refractivity (Wildman–Crippen MR) is 114 cm³/mol. The Morgan fingerprint density at radius 2 is 1.90 bits per heavy atom. The number of aryl methyl sites for hydroxylation is 1. The molecule has 1 atom stereocenters. The van der Waals surface area contributed by atoms with Crippen molar-refractivity contribution in [3.63, 3.8) is 0 Å². The molecule has 0 aliphatic carbocycles. The summed E-state index contributed by atoms with van der Waals surface area (Å²) in [5, 5.41) is 7.93. The van der Waals surface area contributed by atoms with E-state index in [-0.39, 0.29) is 23.9 Å². The van der Waals surface area contributed by atoms with Crippen LogP contribution in [0.25, 0.3) is 10.9 Å². The maximum atomic E-state index is 12.9. The number of quaternary nitrogens is 1. The minimum atomic E-state index is -0.143. The average Bonchev–Trinajstić information content (AvgIpc) is 2.77. The van der Waals surface area contributed by atoms with Gasteiger partial charge in [-0.25, -0.2) is 0 Å². The van der Waals surface area contributed by atoms with Gasteiger partial charge < -0.3 is 15.0 Å². The SMILES string of the molecule is Cc1ccc([C@H](C[NH+]2CCOCC2)NC(=O)Cn2ncc(=O)c3ccccc32)cc1. The number of morpholine rings is 1. The Kier molecular flexibility index (Phi) is 6.21. The first-order valence-corrected chi connectivity index (χ1v) is 10.3. The molecule has 1 aliphatic heterocycles. The van der Waals surface area contributed by atoms with E-state index in [2.05, 4.69) is 41.6 Å². The van der Waals surface area contributed by atoms with Crippen molar-refractivity contribution in [1.82, 2.24) is 15.1 Å². The fourth-order valence-electron chi connectivity index (χ4n) is 3.87. The van der Waals surface area contributed by atoms with E-state index in [1.165, 1.54) is 16.7 Å². The molecule has 2 N–H and O–H groups in total. The van der Waals surface area contributed by atoms with Gasteiger partial charge in [0.2, 0.25) is 11.3 Å². The van der Waals surface area contributed by atoms with E-state index in [4.69, 9.17) is 4.74 Å². The summed E-state index contributed by atoms with van der Waals surface area (Å²) in [4.78, 5) is 26.4. The van der Waals surface area contributed by atoms with Gasteiger partial charge in [0, 0.05) is 5.39 Å². The second-order valence-corrected chi connectivity index (χ2v) is 7.78. The van der Waals surface area contributed by atoms with Crippen LogP contribution in [0.15, 0.2) is 59.5 Å². The van der Waals surface area contributed by atoms with Crippen LogP contribution in [-0.2, 0) is 16.1 Å². The van der Waals surface area contributed by atoms with E-state index in [9.17, 15) is 9.59 Å². The molecule has 4 rings (SSSR count). The van der Waals surface area contributed by atoms with E-state index < -0.39 is 0 Å². The number of ether oxygens (including phenoxy) is 1. The van der Waals surface area contributed by atoms with Crippen molar-refractivity contribution in [2.24, 2.45) is 0 Å². The van der Waals surface area contributed by atoms with Crippen LogP contribution < -0.4 is 15.6 Å². The average molecular weight is 407 g/mol. The first-order chi connectivity index (χ1) is 14.6. The predicted octanol–water partition coefficient (Wildman–Crippen LogP) is 0.478. The molecular formula is C23H27N4O3+. The summed E-state index contributed by atoms with van der Waals surface area (Å²) < 4.78 is 7.05. The summed E-state index contributed by atoms with van der Waals surface area (Å²) in [6.07, 6.45) is 1.27. The molecule has 0 bridgehead atoms. The summed E-state index contributed by atoms with van der Waals surface area (Å²) in [5.74, 6) is -0.130. The summed E-state index contributed by atoms with van der Waals surface area (Å²) in [5.41, 5.74) is 2.79. The van der Waals surface area contributed by atoms with Gasteiger partial charge in [-0.15, -0.1) is 0 Å². The van der Waals surface area contributed by atoms with Crippen LogP contribution in [0.4, 0.5) is 0 Å². The molecule has 0 unspecified atom stereocenters. The molecule has 1 saturated heterocycles. The number of fused-ring (bicyclic) bond motifs is 1. The molecule has 2 aromatic carbocycles. The van der Waals surface area contributed by atoms with Crippen molar-refractivity contribution in [3.05, 3.63) is 76.1 Å². The molecule has 1 amide bonds. The number of para-hydroxylation sites is 1. The summed E-state index contributed by atoms with van der Waals surface area (Å²) in [6, 6.07) is 15.4. The maximum Gasteiger partial charge on any atom is 0.242 e. The van der Waals surface area contributed by atoms with Gasteiger partial charge in [-0.3, -0.25) is 14.3 Å². The number of carbonyl (C=O) groups is 1. The Morgan fingerprint density at radius 3 is 2.67 bits per heavy atom. The van der Waals surface area contributed by atoms with Crippen molar-refractivity contribution in [1.29, 1.82) is 0 Å². The van der Waals surface area contributed by atoms with Crippen molar-refractivity contribution in [2.75, 3.05) is 32.8 Å². The fourth-order valence-corrected chi connectivity index (χ4v) is 3.87. The van der Waals surface area contributed by atoms with Gasteiger partial charge in [-0.05, 0) is 24.6 Å². The maximum absolute atomic E-state index is 12.9. The number of nitrogens with one attached hydrogen (secondary N) is 2. The molecule has 1 fully saturated rings. The molecule has 1 aliphatic rings. The molecule has 0 saturated carbocycles. The molecule has 156 valence electrons. The van der Waals surface area contributed by atoms with Gasteiger partial charge in [-0.1, -0.05) is 42.0 Å². The number of rotatable bonds is 6. The minimum absolute atomic E-state index is 0.0571. The van der Waals surface area contributed by atoms with Gasteiger partial charge in [0.1, 0.15) is 32.2 Å². The quantitative estimate of drug-likeness (QED) is 0.623. The van der Waals surface area contributed by atoms with Crippen LogP contribution in [0.5, 0.6) is 0 Å². The van der Waals surface area contributed by atoms with Crippen LogP contribution in [0.2, 0.25) is 0 Å². The number of amides is 1. The first-order valence-electron chi connectivity index (χ1n) is 10.3. The number of nitrogens with zero attached hydrogens (tertiary/aromatic N) is 2. The van der Waals surface area contributed by atoms with Gasteiger partial charge >= 0.3 is 0 Å². The van der Waals surface area contributed by atoms with E-state index in [1.807, 2.05) is 18.2 Å². The van der Waals surface area contributed by atoms with Gasteiger partial charge in [0.15, 0.2) is 0 Å². The standard InChI is InChI=1S/C23H26N4O3/c1-17-6-8-18(9-7-17)20(15-26-10-12-30-13-11-26)25-23(29)16-27-21-5-3-2-4-19(21)22(28)14-24-27/h2-9,14,20H,10-13,15-16H2,1H3,(H,25,29)/p+1/t20-/m0/s1. The highest BCUT2D eigenvalue weighted by Gasteiger charge is 2.23. The highest BCUT2D eigenvalue weighted by atomic mass is 16.5. The zero-order chi connectivity index (χ0) is 20.9. The van der Waals surface area contributed by atoms with Crippen LogP contribution in [0.1, 0.15) is 17.2 Å². The van der Waals surface area contributed by atoms with E-state index >= 15 is 0 Å². The van der Waals surface area contributed by atoms with Crippen molar-refractivity contribution < 1.29 is 14.4 Å². The molecular weight excluding hydrogens is 380 g/mol. The van der Waals surface area contributed by atoms with E-state index in [1.54, 1.807) is 10.7 Å². The van der Waals surface area contributed by atoms with Crippen LogP contribution in [0.3, 0.4) is 0 Å². The second kappa shape index (κ2) is 9.19. The topological polar surface area (TPSA) is 77.7 Å². The highest BCUT2D eigenvalue weighted by molar-refractivity contribution is 5.81. The van der Waals surface area contributed by atoms with E-state index in [0.29, 0.717) is 10.9 Å². The molecule has 7 heteroatoms. The number of carbonyl (C=O) groups excluding carboxylic acids is 1. The fraction of sp³-hybridized carbons (Fsp3) is 0.348. The monoisotopic (exact) mass is 407 g/mol. The van der Waals surface area contributed by atoms with Gasteiger partial charge in [-0.2, -0.15) is 5.10 Å². The lowest BCUT2D eigenvalue weighted by Crippen LogP contribution is -3.14. The Balaban J connectivity index is 1.53. The molecule has 3 aromatic rings. The lowest BCUT2D eigenvalue weighted by molar-refractivity contribution is -0.909. The molecule has 0 spiro atoms. The van der Waals surface area contributed by atoms with Crippen molar-refractivity contribution in [3.8, 4) is 0 Å². The Hall–Kier alpha value is -3.03. The normalized spacial score (nSPS) is 15.8. The number of hydrogen-bond acceptors (Lipinski definition) is 4. The number of benzene rings is 2. The third-order valence-corrected chi connectivity index (χ3v) is 5.56. The van der Waals surface area contributed by atoms with Gasteiger partial charge in [0.25, 0.3) is 0 Å². The third-order valence-electron chi connectivity index (χ3n) is 5.56. The Labute approximate surface area is 175 Å². The lowest BCUT2D eigenvalue weighted by atomic mass is 10.0. The Morgan fingerprint density at radius 1 is 1.17 bits per heavy atom. The van der Waals surface area contributed by atoms with Crippen molar-refractivity contribution in [2.45, 2.75) is 19.5 Å². The molecule has 7 nitrogen and oxygen atoms in total. The zero-order valence-electron chi connectivity index (χ0n) is 17.1. The minimum Gasteiger partial charge on any atom is -0.370 e. The summed E-state index contributed by atoms with van der Waals surface area (Å²) >= 11 is 0. The summed E-state index contributed by atoms with van der Waals surface area (Å²) in [6.45, 7) is 6.28. The van der Waals surface area contributed by atoms with Crippen molar-refractivity contribution >= 4 is 16.8 Å². The molecule has 30 heavy (non-hydrogen) atoms. The van der Waals surface area contributed by atoms with E-state index in [0.717, 1.165) is 38.4 Å². The third kappa shape index (κ3) is 4.75. The number of aromatic nitrogens is 2. The van der Waals surface area contributed by atoms with Crippen LogP contribution >= 0.6 is 0 Å². The largest absolute Gasteiger partial charge is 0.370 e. The zero-order valence-corrected chi connectivity index (χ0v) is 17.1. The molecule has 2 heterocycles. The molecule has 0 radical (unpaired) electrons. The smallest absolute Gasteiger partial charge is 0.242 e. The second-order valence-electron chi connectivity index (χ2n) is 7.78. The Bertz CT molecular complexity index is 1070. The van der Waals surface area contributed by atoms with Crippen LogP contribution in [0, 0.1) is 6.92 Å². The molecule has 1 aromatic heterocycles. The highest BCUT2D eigenvalue weighted by Crippen LogP contribution is 2.13. The first kappa shape index (κ1) is 20.3. The summed E-state index contributed by atoms with van der Waals surface area (Å²) in [7, 11) is 0. The van der Waals surface area contributed by atoms with Gasteiger partial charge in [0.05, 0.1) is 24.9 Å². The number of hydrogen-bond donors (Lipinski definition) is 2. The lowest BCUT2D eigenvalue weighted by Gasteiger charge is -2.28. The van der Waals surface area contributed by atoms with Crippen LogP contribution in [-0.4, -0.2) is 48.5 Å².